The maximum Gasteiger partial charge on any atom is 0.305 e. The van der Waals surface area contributed by atoms with E-state index in [1.165, 1.54) is 34.5 Å². The van der Waals surface area contributed by atoms with Crippen molar-refractivity contribution in [1.29, 1.82) is 0 Å². The second-order valence-corrected chi connectivity index (χ2v) is 6.46. The Morgan fingerprint density at radius 3 is 2.00 bits per heavy atom. The molecular weight excluding hydrogens is 406 g/mol. The van der Waals surface area contributed by atoms with Crippen molar-refractivity contribution in [1.82, 2.24) is 0 Å². The quantitative estimate of drug-likeness (QED) is 0.374. The highest BCUT2D eigenvalue weighted by Crippen LogP contribution is 2.40. The standard InChI is InChI=1S/C22H21NO8/c1-13(24)31-22-20(14-5-7-16(27-2)8-6-14)21(23(25)26)19(12-30-22)15-9-17(28-3)11-18(10-15)29-4/h5-12,22H,1-4H3. The summed E-state index contributed by atoms with van der Waals surface area (Å²) in [4.78, 5) is 23.3. The third-order valence-corrected chi connectivity index (χ3v) is 4.57. The number of hydrogen-bond donors (Lipinski definition) is 0. The van der Waals surface area contributed by atoms with Crippen LogP contribution in [-0.4, -0.2) is 38.5 Å². The SMILES string of the molecule is COc1ccc(C2=C([N+](=O)[O-])C(c3cc(OC)cc(OC)c3)=COC2OC(C)=O)cc1. The van der Waals surface area contributed by atoms with Gasteiger partial charge in [-0.15, -0.1) is 0 Å². The van der Waals surface area contributed by atoms with Crippen LogP contribution in [0.3, 0.4) is 0 Å². The van der Waals surface area contributed by atoms with Crippen molar-refractivity contribution in [3.8, 4) is 17.2 Å². The van der Waals surface area contributed by atoms with Gasteiger partial charge < -0.3 is 23.7 Å². The monoisotopic (exact) mass is 427 g/mol. The summed E-state index contributed by atoms with van der Waals surface area (Å²) < 4.78 is 26.6. The Bertz CT molecular complexity index is 1030. The van der Waals surface area contributed by atoms with E-state index in [0.717, 1.165) is 0 Å². The fourth-order valence-electron chi connectivity index (χ4n) is 3.16. The number of esters is 1. The Balaban J connectivity index is 2.23. The first-order chi connectivity index (χ1) is 14.9. The summed E-state index contributed by atoms with van der Waals surface area (Å²) in [5, 5.41) is 12.2. The normalized spacial score (nSPS) is 15.5. The fraction of sp³-hybridized carbons (Fsp3) is 0.227. The van der Waals surface area contributed by atoms with E-state index >= 15 is 0 Å². The summed E-state index contributed by atoms with van der Waals surface area (Å²) in [6.45, 7) is 1.20. The molecule has 0 N–H and O–H groups in total. The van der Waals surface area contributed by atoms with Gasteiger partial charge in [-0.05, 0) is 35.4 Å². The predicted octanol–water partition coefficient (Wildman–Crippen LogP) is 3.66. The maximum atomic E-state index is 12.2. The molecule has 31 heavy (non-hydrogen) atoms. The average Bonchev–Trinajstić information content (AvgIpc) is 2.77. The molecule has 0 aromatic heterocycles. The maximum absolute atomic E-state index is 12.2. The van der Waals surface area contributed by atoms with Crippen LogP contribution in [0.15, 0.2) is 54.4 Å². The van der Waals surface area contributed by atoms with Gasteiger partial charge in [-0.25, -0.2) is 0 Å². The lowest BCUT2D eigenvalue weighted by Gasteiger charge is -2.25. The minimum absolute atomic E-state index is 0.0992. The van der Waals surface area contributed by atoms with Crippen LogP contribution in [0.25, 0.3) is 11.1 Å². The number of allylic oxidation sites excluding steroid dienone is 1. The molecule has 162 valence electrons. The van der Waals surface area contributed by atoms with E-state index in [1.54, 1.807) is 42.5 Å². The third kappa shape index (κ3) is 4.61. The van der Waals surface area contributed by atoms with Gasteiger partial charge in [0.05, 0.1) is 31.8 Å². The Kier molecular flexibility index (Phi) is 6.44. The van der Waals surface area contributed by atoms with Crippen molar-refractivity contribution < 1.29 is 33.4 Å². The molecule has 1 heterocycles. The molecular formula is C22H21NO8. The van der Waals surface area contributed by atoms with Gasteiger partial charge in [0, 0.05) is 13.0 Å². The Labute approximate surface area is 178 Å². The van der Waals surface area contributed by atoms with E-state index in [1.807, 2.05) is 0 Å². The number of hydrogen-bond acceptors (Lipinski definition) is 8. The lowest BCUT2D eigenvalue weighted by atomic mass is 9.94. The molecule has 1 aliphatic rings. The second kappa shape index (κ2) is 9.21. The highest BCUT2D eigenvalue weighted by Gasteiger charge is 2.38. The number of carbonyl (C=O) groups is 1. The van der Waals surface area contributed by atoms with Gasteiger partial charge in [0.2, 0.25) is 0 Å². The molecule has 3 rings (SSSR count). The van der Waals surface area contributed by atoms with E-state index in [2.05, 4.69) is 0 Å². The number of rotatable bonds is 7. The summed E-state index contributed by atoms with van der Waals surface area (Å²) in [6.07, 6.45) is -0.0879. The first-order valence-electron chi connectivity index (χ1n) is 9.17. The molecule has 1 atom stereocenters. The number of nitrogens with zero attached hydrogens (tertiary/aromatic N) is 1. The molecule has 0 bridgehead atoms. The van der Waals surface area contributed by atoms with Gasteiger partial charge in [-0.1, -0.05) is 12.1 Å². The van der Waals surface area contributed by atoms with E-state index in [4.69, 9.17) is 23.7 Å². The molecule has 0 saturated carbocycles. The molecule has 1 aliphatic heterocycles. The number of ether oxygens (including phenoxy) is 5. The number of carbonyl (C=O) groups excluding carboxylic acids is 1. The highest BCUT2D eigenvalue weighted by molar-refractivity contribution is 5.90. The molecule has 0 spiro atoms. The highest BCUT2D eigenvalue weighted by atomic mass is 16.7. The molecule has 2 aromatic rings. The lowest BCUT2D eigenvalue weighted by Crippen LogP contribution is -2.26. The van der Waals surface area contributed by atoms with Gasteiger partial charge >= 0.3 is 5.97 Å². The van der Waals surface area contributed by atoms with Crippen molar-refractivity contribution in [2.45, 2.75) is 13.2 Å². The van der Waals surface area contributed by atoms with E-state index in [0.29, 0.717) is 28.4 Å². The summed E-state index contributed by atoms with van der Waals surface area (Å²) in [6, 6.07) is 11.5. The summed E-state index contributed by atoms with van der Waals surface area (Å²) >= 11 is 0. The smallest absolute Gasteiger partial charge is 0.305 e. The van der Waals surface area contributed by atoms with Crippen molar-refractivity contribution in [3.05, 3.63) is 75.7 Å². The topological polar surface area (TPSA) is 106 Å². The zero-order chi connectivity index (χ0) is 22.5. The summed E-state index contributed by atoms with van der Waals surface area (Å²) in [5.74, 6) is 0.830. The van der Waals surface area contributed by atoms with Crippen LogP contribution in [0.2, 0.25) is 0 Å². The molecule has 0 saturated heterocycles. The van der Waals surface area contributed by atoms with Crippen LogP contribution in [0.1, 0.15) is 18.1 Å². The molecule has 2 aromatic carbocycles. The van der Waals surface area contributed by atoms with Gasteiger partial charge in [0.15, 0.2) is 0 Å². The van der Waals surface area contributed by atoms with E-state index in [-0.39, 0.29) is 16.8 Å². The molecule has 0 fully saturated rings. The van der Waals surface area contributed by atoms with Crippen LogP contribution < -0.4 is 14.2 Å². The second-order valence-electron chi connectivity index (χ2n) is 6.46. The van der Waals surface area contributed by atoms with Crippen LogP contribution in [-0.2, 0) is 14.3 Å². The molecule has 1 unspecified atom stereocenters. The molecule has 0 amide bonds. The van der Waals surface area contributed by atoms with Crippen LogP contribution in [0.4, 0.5) is 0 Å². The predicted molar refractivity (Wildman–Crippen MR) is 111 cm³/mol. The van der Waals surface area contributed by atoms with Crippen LogP contribution in [0, 0.1) is 10.1 Å². The van der Waals surface area contributed by atoms with Crippen molar-refractivity contribution in [3.63, 3.8) is 0 Å². The molecule has 0 aliphatic carbocycles. The number of benzene rings is 2. The number of nitro groups is 1. The average molecular weight is 427 g/mol. The Morgan fingerprint density at radius 2 is 1.52 bits per heavy atom. The van der Waals surface area contributed by atoms with Gasteiger partial charge in [-0.2, -0.15) is 0 Å². The first-order valence-corrected chi connectivity index (χ1v) is 9.17. The largest absolute Gasteiger partial charge is 0.497 e. The van der Waals surface area contributed by atoms with Gasteiger partial charge in [-0.3, -0.25) is 14.9 Å². The van der Waals surface area contributed by atoms with Crippen molar-refractivity contribution >= 4 is 17.1 Å². The lowest BCUT2D eigenvalue weighted by molar-refractivity contribution is -0.417. The van der Waals surface area contributed by atoms with Crippen LogP contribution in [0.5, 0.6) is 17.2 Å². The Hall–Kier alpha value is -4.01. The van der Waals surface area contributed by atoms with E-state index < -0.39 is 17.2 Å². The molecule has 9 heteroatoms. The minimum Gasteiger partial charge on any atom is -0.497 e. The minimum atomic E-state index is -1.29. The van der Waals surface area contributed by atoms with Gasteiger partial charge in [0.25, 0.3) is 12.0 Å². The zero-order valence-corrected chi connectivity index (χ0v) is 17.4. The van der Waals surface area contributed by atoms with Crippen molar-refractivity contribution in [2.24, 2.45) is 0 Å². The van der Waals surface area contributed by atoms with Crippen molar-refractivity contribution in [2.75, 3.05) is 21.3 Å². The number of methoxy groups -OCH3 is 3. The first kappa shape index (κ1) is 21.7. The fourth-order valence-corrected chi connectivity index (χ4v) is 3.16. The summed E-state index contributed by atoms with van der Waals surface area (Å²) in [5.41, 5.74) is 0.894. The van der Waals surface area contributed by atoms with Gasteiger partial charge in [0.1, 0.15) is 29.1 Å². The van der Waals surface area contributed by atoms with Crippen LogP contribution >= 0.6 is 0 Å². The Morgan fingerprint density at radius 1 is 0.935 bits per heavy atom. The zero-order valence-electron chi connectivity index (χ0n) is 17.4. The molecule has 9 nitrogen and oxygen atoms in total. The van der Waals surface area contributed by atoms with E-state index in [9.17, 15) is 14.9 Å². The molecule has 0 radical (unpaired) electrons. The summed E-state index contributed by atoms with van der Waals surface area (Å²) in [7, 11) is 4.47. The third-order valence-electron chi connectivity index (χ3n) is 4.57.